The van der Waals surface area contributed by atoms with Gasteiger partial charge < -0.3 is 9.32 Å². The van der Waals surface area contributed by atoms with E-state index in [-0.39, 0.29) is 17.5 Å². The van der Waals surface area contributed by atoms with Crippen LogP contribution in [0.3, 0.4) is 0 Å². The molecular formula is C19H18FN3O2. The van der Waals surface area contributed by atoms with Crippen molar-refractivity contribution in [3.63, 3.8) is 0 Å². The Hall–Kier alpha value is -2.76. The van der Waals surface area contributed by atoms with E-state index in [1.807, 2.05) is 24.3 Å². The molecular weight excluding hydrogens is 321 g/mol. The van der Waals surface area contributed by atoms with Gasteiger partial charge in [0.25, 0.3) is 5.91 Å². The SMILES string of the molecule is Cc1cnc(C(=O)N2CCCC(c3nc4ccccc4o3)C2)c(F)c1. The number of piperidine rings is 1. The molecule has 3 heterocycles. The Morgan fingerprint density at radius 2 is 2.20 bits per heavy atom. The van der Waals surface area contributed by atoms with Crippen molar-refractivity contribution >= 4 is 17.0 Å². The normalized spacial score (nSPS) is 17.8. The summed E-state index contributed by atoms with van der Waals surface area (Å²) >= 11 is 0. The van der Waals surface area contributed by atoms with Crippen LogP contribution in [0.4, 0.5) is 4.39 Å². The van der Waals surface area contributed by atoms with Gasteiger partial charge in [0.2, 0.25) is 0 Å². The molecule has 0 bridgehead atoms. The fraction of sp³-hybridized carbons (Fsp3) is 0.316. The first kappa shape index (κ1) is 15.7. The quantitative estimate of drug-likeness (QED) is 0.714. The predicted octanol–water partition coefficient (Wildman–Crippen LogP) is 3.69. The minimum absolute atomic E-state index is 0.0126. The van der Waals surface area contributed by atoms with Crippen LogP contribution in [0.1, 0.15) is 40.7 Å². The fourth-order valence-electron chi connectivity index (χ4n) is 3.27. The number of fused-ring (bicyclic) bond motifs is 1. The highest BCUT2D eigenvalue weighted by molar-refractivity contribution is 5.92. The van der Waals surface area contributed by atoms with Gasteiger partial charge >= 0.3 is 0 Å². The molecule has 1 unspecified atom stereocenters. The molecule has 0 radical (unpaired) electrons. The van der Waals surface area contributed by atoms with Crippen LogP contribution in [0.2, 0.25) is 0 Å². The Morgan fingerprint density at radius 1 is 1.36 bits per heavy atom. The van der Waals surface area contributed by atoms with Crippen molar-refractivity contribution < 1.29 is 13.6 Å². The molecule has 0 saturated carbocycles. The highest BCUT2D eigenvalue weighted by Crippen LogP contribution is 2.29. The molecule has 1 aliphatic rings. The summed E-state index contributed by atoms with van der Waals surface area (Å²) in [6, 6.07) is 8.93. The van der Waals surface area contributed by atoms with E-state index in [0.717, 1.165) is 23.9 Å². The average molecular weight is 339 g/mol. The molecule has 0 aliphatic carbocycles. The second-order valence-corrected chi connectivity index (χ2v) is 6.45. The molecule has 0 spiro atoms. The molecule has 4 rings (SSSR count). The number of pyridine rings is 1. The summed E-state index contributed by atoms with van der Waals surface area (Å²) in [7, 11) is 0. The Bertz CT molecular complexity index is 904. The van der Waals surface area contributed by atoms with Crippen molar-refractivity contribution in [2.45, 2.75) is 25.7 Å². The maximum Gasteiger partial charge on any atom is 0.275 e. The molecule has 1 aromatic carbocycles. The van der Waals surface area contributed by atoms with Crippen LogP contribution in [0.15, 0.2) is 40.9 Å². The summed E-state index contributed by atoms with van der Waals surface area (Å²) in [5, 5.41) is 0. The lowest BCUT2D eigenvalue weighted by molar-refractivity contribution is 0.0687. The third-order valence-corrected chi connectivity index (χ3v) is 4.55. The lowest BCUT2D eigenvalue weighted by Crippen LogP contribution is -2.40. The number of likely N-dealkylation sites (tertiary alicyclic amines) is 1. The topological polar surface area (TPSA) is 59.2 Å². The van der Waals surface area contributed by atoms with Crippen LogP contribution in [0.5, 0.6) is 0 Å². The zero-order valence-electron chi connectivity index (χ0n) is 13.9. The van der Waals surface area contributed by atoms with Gasteiger partial charge in [-0.25, -0.2) is 14.4 Å². The van der Waals surface area contributed by atoms with E-state index in [4.69, 9.17) is 4.42 Å². The number of aryl methyl sites for hydroxylation is 1. The highest BCUT2D eigenvalue weighted by atomic mass is 19.1. The van der Waals surface area contributed by atoms with Crippen molar-refractivity contribution in [3.8, 4) is 0 Å². The summed E-state index contributed by atoms with van der Waals surface area (Å²) in [6.07, 6.45) is 3.22. The van der Waals surface area contributed by atoms with Crippen molar-refractivity contribution in [2.24, 2.45) is 0 Å². The predicted molar refractivity (Wildman–Crippen MR) is 90.8 cm³/mol. The minimum atomic E-state index is -0.575. The molecule has 1 fully saturated rings. The number of aromatic nitrogens is 2. The van der Waals surface area contributed by atoms with E-state index in [0.29, 0.717) is 24.5 Å². The number of hydrogen-bond donors (Lipinski definition) is 0. The van der Waals surface area contributed by atoms with Crippen LogP contribution >= 0.6 is 0 Å². The Balaban J connectivity index is 1.57. The molecule has 6 heteroatoms. The maximum atomic E-state index is 14.1. The van der Waals surface area contributed by atoms with Gasteiger partial charge in [-0.2, -0.15) is 0 Å². The van der Waals surface area contributed by atoms with E-state index in [1.165, 1.54) is 12.3 Å². The van der Waals surface area contributed by atoms with Crippen molar-refractivity contribution in [2.75, 3.05) is 13.1 Å². The minimum Gasteiger partial charge on any atom is -0.440 e. The van der Waals surface area contributed by atoms with E-state index < -0.39 is 5.82 Å². The number of hydrogen-bond acceptors (Lipinski definition) is 4. The van der Waals surface area contributed by atoms with Gasteiger partial charge in [0.05, 0.1) is 5.92 Å². The first-order valence-electron chi connectivity index (χ1n) is 8.38. The van der Waals surface area contributed by atoms with E-state index in [9.17, 15) is 9.18 Å². The first-order valence-corrected chi connectivity index (χ1v) is 8.38. The molecule has 5 nitrogen and oxygen atoms in total. The second-order valence-electron chi connectivity index (χ2n) is 6.45. The Labute approximate surface area is 144 Å². The van der Waals surface area contributed by atoms with Gasteiger partial charge in [-0.1, -0.05) is 12.1 Å². The smallest absolute Gasteiger partial charge is 0.275 e. The molecule has 1 amide bonds. The van der Waals surface area contributed by atoms with Crippen LogP contribution in [-0.4, -0.2) is 33.9 Å². The number of rotatable bonds is 2. The Morgan fingerprint density at radius 3 is 3.00 bits per heavy atom. The van der Waals surface area contributed by atoms with Gasteiger partial charge in [0, 0.05) is 19.3 Å². The molecule has 128 valence electrons. The standard InChI is InChI=1S/C19H18FN3O2/c1-12-9-14(20)17(21-10-12)19(24)23-8-4-5-13(11-23)18-22-15-6-2-3-7-16(15)25-18/h2-3,6-7,9-10,13H,4-5,8,11H2,1H3. The number of oxazole rings is 1. The van der Waals surface area contributed by atoms with Crippen molar-refractivity contribution in [1.82, 2.24) is 14.9 Å². The van der Waals surface area contributed by atoms with E-state index >= 15 is 0 Å². The van der Waals surface area contributed by atoms with E-state index in [2.05, 4.69) is 9.97 Å². The summed E-state index contributed by atoms with van der Waals surface area (Å²) < 4.78 is 19.9. The number of halogens is 1. The van der Waals surface area contributed by atoms with E-state index in [1.54, 1.807) is 11.8 Å². The largest absolute Gasteiger partial charge is 0.440 e. The van der Waals surface area contributed by atoms with Crippen LogP contribution < -0.4 is 0 Å². The molecule has 3 aromatic rings. The number of carbonyl (C=O) groups excluding carboxylic acids is 1. The van der Waals surface area contributed by atoms with Crippen molar-refractivity contribution in [1.29, 1.82) is 0 Å². The monoisotopic (exact) mass is 339 g/mol. The number of nitrogens with zero attached hydrogens (tertiary/aromatic N) is 3. The molecule has 2 aromatic heterocycles. The fourth-order valence-corrected chi connectivity index (χ4v) is 3.27. The number of carbonyl (C=O) groups is 1. The third kappa shape index (κ3) is 2.99. The molecule has 1 saturated heterocycles. The van der Waals surface area contributed by atoms with Crippen LogP contribution in [-0.2, 0) is 0 Å². The molecule has 0 N–H and O–H groups in total. The van der Waals surface area contributed by atoms with Gasteiger partial charge in [-0.15, -0.1) is 0 Å². The third-order valence-electron chi connectivity index (χ3n) is 4.55. The highest BCUT2D eigenvalue weighted by Gasteiger charge is 2.30. The molecule has 25 heavy (non-hydrogen) atoms. The van der Waals surface area contributed by atoms with Gasteiger partial charge in [0.15, 0.2) is 23.0 Å². The average Bonchev–Trinajstić information content (AvgIpc) is 3.05. The summed E-state index contributed by atoms with van der Waals surface area (Å²) in [5.74, 6) is -0.304. The zero-order valence-corrected chi connectivity index (χ0v) is 13.9. The van der Waals surface area contributed by atoms with Crippen molar-refractivity contribution in [3.05, 3.63) is 59.5 Å². The number of amides is 1. The lowest BCUT2D eigenvalue weighted by atomic mass is 9.97. The van der Waals surface area contributed by atoms with Crippen LogP contribution in [0.25, 0.3) is 11.1 Å². The van der Waals surface area contributed by atoms with Gasteiger partial charge in [0.1, 0.15) is 5.52 Å². The maximum absolute atomic E-state index is 14.1. The summed E-state index contributed by atoms with van der Waals surface area (Å²) in [4.78, 5) is 22.8. The summed E-state index contributed by atoms with van der Waals surface area (Å²) in [5.41, 5.74) is 2.13. The Kier molecular flexibility index (Phi) is 3.95. The van der Waals surface area contributed by atoms with Gasteiger partial charge in [-0.05, 0) is 43.5 Å². The van der Waals surface area contributed by atoms with Crippen LogP contribution in [0, 0.1) is 12.7 Å². The number of benzene rings is 1. The second kappa shape index (κ2) is 6.27. The zero-order chi connectivity index (χ0) is 17.4. The number of para-hydroxylation sites is 2. The van der Waals surface area contributed by atoms with Gasteiger partial charge in [-0.3, -0.25) is 4.79 Å². The lowest BCUT2D eigenvalue weighted by Gasteiger charge is -2.31. The molecule has 1 aliphatic heterocycles. The summed E-state index contributed by atoms with van der Waals surface area (Å²) in [6.45, 7) is 2.79. The molecule has 1 atom stereocenters. The first-order chi connectivity index (χ1) is 12.1.